The molecule has 0 spiro atoms. The van der Waals surface area contributed by atoms with Gasteiger partial charge in [0.1, 0.15) is 13.2 Å². The average Bonchev–Trinajstić information content (AvgIpc) is 2.72. The van der Waals surface area contributed by atoms with Crippen LogP contribution in [0.2, 0.25) is 0 Å². The van der Waals surface area contributed by atoms with E-state index in [1.165, 1.54) is 6.08 Å². The average molecular weight is 464 g/mol. The lowest BCUT2D eigenvalue weighted by atomic mass is 10.2. The van der Waals surface area contributed by atoms with Gasteiger partial charge >= 0.3 is 5.97 Å². The van der Waals surface area contributed by atoms with Crippen LogP contribution in [-0.2, 0) is 9.53 Å². The third kappa shape index (κ3) is 9.43. The van der Waals surface area contributed by atoms with Crippen molar-refractivity contribution in [1.29, 1.82) is 0 Å². The first-order chi connectivity index (χ1) is 15.3. The molecule has 0 saturated carbocycles. The monoisotopic (exact) mass is 464 g/mol. The molecule has 0 aliphatic carbocycles. The van der Waals surface area contributed by atoms with E-state index in [0.717, 1.165) is 11.0 Å². The smallest absolute Gasteiger partial charge is 0.331 e. The normalized spacial score (nSPS) is 10.8. The van der Waals surface area contributed by atoms with E-state index in [-0.39, 0.29) is 5.97 Å². The van der Waals surface area contributed by atoms with Crippen molar-refractivity contribution < 1.29 is 33.9 Å². The number of nitro benzene ring substituents is 3. The summed E-state index contributed by atoms with van der Waals surface area (Å²) in [4.78, 5) is 38.9. The molecule has 15 heteroatoms. The Hall–Kier alpha value is -4.53. The van der Waals surface area contributed by atoms with Crippen LogP contribution in [0.5, 0.6) is 5.75 Å². The lowest BCUT2D eigenvalue weighted by molar-refractivity contribution is -0.870. The molecule has 2 rings (SSSR count). The second kappa shape index (κ2) is 11.8. The number of hydrogen-bond donors (Lipinski definition) is 0. The molecule has 1 heterocycles. The Kier molecular flexibility index (Phi) is 9.44. The lowest BCUT2D eigenvalue weighted by Gasteiger charge is -2.23. The van der Waals surface area contributed by atoms with Gasteiger partial charge in [-0.3, -0.25) is 30.3 Å². The van der Waals surface area contributed by atoms with Crippen LogP contribution in [0.4, 0.5) is 17.1 Å². The molecule has 2 aromatic rings. The first kappa shape index (κ1) is 26.5. The summed E-state index contributed by atoms with van der Waals surface area (Å²) in [6.07, 6.45) is 4.53. The van der Waals surface area contributed by atoms with Crippen LogP contribution in [0.25, 0.3) is 6.08 Å². The van der Waals surface area contributed by atoms with Gasteiger partial charge in [-0.15, -0.1) is 0 Å². The minimum atomic E-state index is -1.46. The molecule has 1 aromatic carbocycles. The Morgan fingerprint density at radius 3 is 2.06 bits per heavy atom. The quantitative estimate of drug-likeness (QED) is 0.178. The fourth-order valence-electron chi connectivity index (χ4n) is 1.98. The molecule has 0 radical (unpaired) electrons. The highest BCUT2D eigenvalue weighted by Gasteiger charge is 2.24. The van der Waals surface area contributed by atoms with Crippen molar-refractivity contribution >= 4 is 29.1 Å². The van der Waals surface area contributed by atoms with Crippen molar-refractivity contribution in [3.63, 3.8) is 0 Å². The van der Waals surface area contributed by atoms with Crippen molar-refractivity contribution in [3.8, 4) is 5.75 Å². The van der Waals surface area contributed by atoms with Crippen molar-refractivity contribution in [2.24, 2.45) is 0 Å². The predicted molar refractivity (Wildman–Crippen MR) is 111 cm³/mol. The number of nitro groups is 3. The number of carbonyl (C=O) groups excluding carboxylic acids is 1. The molecule has 0 unspecified atom stereocenters. The summed E-state index contributed by atoms with van der Waals surface area (Å²) in [5.41, 5.74) is -2.63. The number of benzene rings is 1. The number of nitrogens with zero attached hydrogens (tertiary/aromatic N) is 6. The third-order valence-corrected chi connectivity index (χ3v) is 3.63. The minimum Gasteiger partial charge on any atom is -0.863 e. The summed E-state index contributed by atoms with van der Waals surface area (Å²) in [7, 11) is 6.13. The second-order valence-corrected chi connectivity index (χ2v) is 7.25. The highest BCUT2D eigenvalue weighted by molar-refractivity contribution is 5.86. The molecular weight excluding hydrogens is 444 g/mol. The van der Waals surface area contributed by atoms with Gasteiger partial charge in [0.15, 0.2) is 0 Å². The Labute approximate surface area is 186 Å². The van der Waals surface area contributed by atoms with E-state index in [1.807, 2.05) is 21.1 Å². The van der Waals surface area contributed by atoms with Crippen molar-refractivity contribution in [2.75, 3.05) is 34.3 Å². The van der Waals surface area contributed by atoms with E-state index < -0.39 is 37.6 Å². The van der Waals surface area contributed by atoms with E-state index in [4.69, 9.17) is 4.74 Å². The Bertz CT molecular complexity index is 1020. The number of rotatable bonds is 8. The van der Waals surface area contributed by atoms with E-state index >= 15 is 0 Å². The van der Waals surface area contributed by atoms with Crippen LogP contribution < -0.4 is 5.11 Å². The molecule has 0 amide bonds. The number of non-ortho nitro benzene ring substituents is 1. The number of aromatic nitrogens is 2. The second-order valence-electron chi connectivity index (χ2n) is 7.25. The van der Waals surface area contributed by atoms with Crippen LogP contribution >= 0.6 is 0 Å². The summed E-state index contributed by atoms with van der Waals surface area (Å²) in [5, 5.41) is 49.6. The first-order valence-electron chi connectivity index (χ1n) is 9.03. The van der Waals surface area contributed by atoms with E-state index in [2.05, 4.69) is 10.2 Å². The standard InChI is InChI=1S/C12H18N3O2.C6H3N3O7/c1-15(2,3)9-10-17-12(16)7-6-11-5-4-8-13-14-11;10-6-4(8(13)14)1-3(7(11)12)2-5(6)9(15)16/h4-8H,9-10H2,1-3H3;1-2,10H/q+1;/p-1/b7-6+;. The van der Waals surface area contributed by atoms with Gasteiger partial charge in [-0.25, -0.2) is 4.79 Å². The van der Waals surface area contributed by atoms with Crippen molar-refractivity contribution in [1.82, 2.24) is 10.2 Å². The molecule has 0 fully saturated rings. The highest BCUT2D eigenvalue weighted by Crippen LogP contribution is 2.36. The molecule has 0 N–H and O–H groups in total. The number of hydrogen-bond acceptors (Lipinski definition) is 11. The highest BCUT2D eigenvalue weighted by atomic mass is 16.6. The topological polar surface area (TPSA) is 205 Å². The fraction of sp³-hybridized carbons (Fsp3) is 0.278. The summed E-state index contributed by atoms with van der Waals surface area (Å²) >= 11 is 0. The summed E-state index contributed by atoms with van der Waals surface area (Å²) in [5.74, 6) is -1.82. The van der Waals surface area contributed by atoms with Gasteiger partial charge in [-0.2, -0.15) is 10.2 Å². The molecule has 33 heavy (non-hydrogen) atoms. The van der Waals surface area contributed by atoms with E-state index in [1.54, 1.807) is 24.4 Å². The summed E-state index contributed by atoms with van der Waals surface area (Å²) in [6, 6.07) is 4.29. The number of quaternary nitrogens is 1. The van der Waals surface area contributed by atoms with Gasteiger partial charge in [0.2, 0.25) is 0 Å². The number of likely N-dealkylation sites (N-methyl/N-ethyl adjacent to an activating group) is 1. The molecule has 0 saturated heterocycles. The van der Waals surface area contributed by atoms with Crippen LogP contribution in [0.15, 0.2) is 36.5 Å². The minimum absolute atomic E-state index is 0.357. The Morgan fingerprint density at radius 2 is 1.64 bits per heavy atom. The van der Waals surface area contributed by atoms with Crippen LogP contribution in [0.3, 0.4) is 0 Å². The number of carbonyl (C=O) groups is 1. The molecule has 0 aliphatic rings. The van der Waals surface area contributed by atoms with Crippen molar-refractivity contribution in [3.05, 3.63) is 72.6 Å². The molecule has 0 atom stereocenters. The van der Waals surface area contributed by atoms with Gasteiger partial charge in [0.05, 0.1) is 59.5 Å². The van der Waals surface area contributed by atoms with Gasteiger partial charge in [0, 0.05) is 12.3 Å². The maximum atomic E-state index is 11.3. The fourth-order valence-corrected chi connectivity index (χ4v) is 1.98. The maximum Gasteiger partial charge on any atom is 0.331 e. The number of esters is 1. The summed E-state index contributed by atoms with van der Waals surface area (Å²) < 4.78 is 5.82. The van der Waals surface area contributed by atoms with Crippen LogP contribution in [-0.4, -0.2) is 69.7 Å². The van der Waals surface area contributed by atoms with Gasteiger partial charge < -0.3 is 14.3 Å². The van der Waals surface area contributed by atoms with E-state index in [9.17, 15) is 40.2 Å². The molecule has 0 bridgehead atoms. The van der Waals surface area contributed by atoms with Crippen LogP contribution in [0, 0.1) is 30.3 Å². The molecule has 176 valence electrons. The van der Waals surface area contributed by atoms with E-state index in [0.29, 0.717) is 24.4 Å². The Morgan fingerprint density at radius 1 is 1.06 bits per heavy atom. The Balaban J connectivity index is 0.000000331. The third-order valence-electron chi connectivity index (χ3n) is 3.63. The van der Waals surface area contributed by atoms with Gasteiger partial charge in [-0.1, -0.05) is 0 Å². The lowest BCUT2D eigenvalue weighted by Crippen LogP contribution is -2.37. The molecule has 15 nitrogen and oxygen atoms in total. The van der Waals surface area contributed by atoms with Crippen LogP contribution in [0.1, 0.15) is 5.69 Å². The van der Waals surface area contributed by atoms with Gasteiger partial charge in [0.25, 0.3) is 17.1 Å². The largest absolute Gasteiger partial charge is 0.863 e. The maximum absolute atomic E-state index is 11.3. The SMILES string of the molecule is C[N+](C)(C)CCOC(=O)/C=C/c1cccnn1.O=[N+]([O-])c1cc([N+](=O)[O-])c([O-])c([N+](=O)[O-])c1. The van der Waals surface area contributed by atoms with Crippen molar-refractivity contribution in [2.45, 2.75) is 0 Å². The zero-order valence-corrected chi connectivity index (χ0v) is 17.8. The summed E-state index contributed by atoms with van der Waals surface area (Å²) in [6.45, 7) is 1.19. The molecule has 1 aromatic heterocycles. The molecule has 0 aliphatic heterocycles. The zero-order valence-electron chi connectivity index (χ0n) is 17.8. The molecular formula is C18H20N6O9. The van der Waals surface area contributed by atoms with Gasteiger partial charge in [-0.05, 0) is 18.2 Å². The zero-order chi connectivity index (χ0) is 25.2. The first-order valence-corrected chi connectivity index (χ1v) is 9.03. The number of ether oxygens (including phenoxy) is 1. The predicted octanol–water partition coefficient (Wildman–Crippen LogP) is 1.22.